The lowest BCUT2D eigenvalue weighted by molar-refractivity contribution is 0.506. The molecule has 0 aliphatic rings. The molecule has 1 aromatic carbocycles. The summed E-state index contributed by atoms with van der Waals surface area (Å²) in [4.78, 5) is 0.293. The minimum atomic E-state index is -3.38. The lowest BCUT2D eigenvalue weighted by atomic mass is 10.1. The van der Waals surface area contributed by atoms with E-state index in [-0.39, 0.29) is 5.75 Å². The molecule has 0 spiro atoms. The Morgan fingerprint density at radius 2 is 1.95 bits per heavy atom. The van der Waals surface area contributed by atoms with Crippen LogP contribution in [0, 0.1) is 0 Å². The molecule has 0 bridgehead atoms. The first-order valence-electron chi connectivity index (χ1n) is 6.35. The topological polar surface area (TPSA) is 85.3 Å². The molecule has 2 rings (SSSR count). The van der Waals surface area contributed by atoms with Crippen molar-refractivity contribution in [1.82, 2.24) is 4.72 Å². The Labute approximate surface area is 129 Å². The normalized spacial score (nSPS) is 11.4. The van der Waals surface area contributed by atoms with Gasteiger partial charge in [-0.3, -0.25) is 0 Å². The molecule has 5 nitrogen and oxygen atoms in total. The number of nitrogens with two attached hydrogens (primary N) is 1. The summed E-state index contributed by atoms with van der Waals surface area (Å²) in [7, 11) is -3.38. The van der Waals surface area contributed by atoms with Crippen LogP contribution < -0.4 is 10.5 Å². The number of rotatable bonds is 7. The maximum Gasteiger partial charge on any atom is 0.215 e. The second-order valence-corrected chi connectivity index (χ2v) is 6.79. The van der Waals surface area contributed by atoms with Gasteiger partial charge in [0.05, 0.1) is 12.0 Å². The molecule has 0 radical (unpaired) electrons. The summed E-state index contributed by atoms with van der Waals surface area (Å²) < 4.78 is 31.6. The number of nitrogens with one attached hydrogen (secondary N) is 1. The summed E-state index contributed by atoms with van der Waals surface area (Å²) in [6.07, 6.45) is 2.08. The van der Waals surface area contributed by atoms with Crippen molar-refractivity contribution in [2.24, 2.45) is 5.73 Å². The van der Waals surface area contributed by atoms with Crippen LogP contribution in [0.2, 0.25) is 0 Å². The second-order valence-electron chi connectivity index (χ2n) is 4.54. The van der Waals surface area contributed by atoms with E-state index in [0.717, 1.165) is 11.3 Å². The van der Waals surface area contributed by atoms with Gasteiger partial charge in [-0.05, 0) is 17.7 Å². The maximum absolute atomic E-state index is 12.0. The zero-order chi connectivity index (χ0) is 15.3. The molecular weight excluding hydrogens is 308 g/mol. The first kappa shape index (κ1) is 15.7. The molecule has 0 saturated heterocycles. The lowest BCUT2D eigenvalue weighted by Gasteiger charge is -2.07. The highest BCUT2D eigenvalue weighted by Gasteiger charge is 2.11. The van der Waals surface area contributed by atoms with Crippen molar-refractivity contribution in [1.29, 1.82) is 0 Å². The van der Waals surface area contributed by atoms with E-state index in [1.165, 1.54) is 0 Å². The van der Waals surface area contributed by atoms with E-state index in [4.69, 9.17) is 22.4 Å². The summed E-state index contributed by atoms with van der Waals surface area (Å²) in [5, 5.41) is 0. The standard InChI is InChI=1S/C14H16N2O3S2/c15-14(20)12-5-3-11(4-6-12)10-21(17,18)16-8-7-13-2-1-9-19-13/h1-6,9,16H,7-8,10H2,(H2,15,20). The Morgan fingerprint density at radius 1 is 1.24 bits per heavy atom. The Morgan fingerprint density at radius 3 is 2.52 bits per heavy atom. The number of sulfonamides is 1. The number of furan rings is 1. The summed E-state index contributed by atoms with van der Waals surface area (Å²) in [6, 6.07) is 10.4. The average molecular weight is 324 g/mol. The van der Waals surface area contributed by atoms with E-state index >= 15 is 0 Å². The van der Waals surface area contributed by atoms with Crippen LogP contribution in [0.25, 0.3) is 0 Å². The Hall–Kier alpha value is -1.70. The predicted octanol–water partition coefficient (Wildman–Crippen LogP) is 1.58. The summed E-state index contributed by atoms with van der Waals surface area (Å²) in [6.45, 7) is 0.306. The monoisotopic (exact) mass is 324 g/mol. The van der Waals surface area contributed by atoms with Crippen molar-refractivity contribution < 1.29 is 12.8 Å². The van der Waals surface area contributed by atoms with E-state index in [9.17, 15) is 8.42 Å². The van der Waals surface area contributed by atoms with Crippen molar-refractivity contribution in [3.63, 3.8) is 0 Å². The molecule has 7 heteroatoms. The fraction of sp³-hybridized carbons (Fsp3) is 0.214. The molecule has 0 fully saturated rings. The van der Waals surface area contributed by atoms with Gasteiger partial charge in [0.2, 0.25) is 10.0 Å². The van der Waals surface area contributed by atoms with Crippen LogP contribution in [0.4, 0.5) is 0 Å². The lowest BCUT2D eigenvalue weighted by Crippen LogP contribution is -2.27. The zero-order valence-electron chi connectivity index (χ0n) is 11.3. The molecule has 3 N–H and O–H groups in total. The summed E-state index contributed by atoms with van der Waals surface area (Å²) in [5.41, 5.74) is 6.90. The van der Waals surface area contributed by atoms with Gasteiger partial charge in [-0.1, -0.05) is 36.5 Å². The van der Waals surface area contributed by atoms with Crippen LogP contribution in [0.5, 0.6) is 0 Å². The fourth-order valence-corrected chi connectivity index (χ4v) is 3.10. The van der Waals surface area contributed by atoms with Gasteiger partial charge in [-0.15, -0.1) is 0 Å². The molecule has 112 valence electrons. The molecule has 1 aromatic heterocycles. The van der Waals surface area contributed by atoms with Gasteiger partial charge in [0.15, 0.2) is 0 Å². The van der Waals surface area contributed by atoms with Crippen molar-refractivity contribution >= 4 is 27.2 Å². The molecule has 0 aliphatic heterocycles. The minimum Gasteiger partial charge on any atom is -0.469 e. The largest absolute Gasteiger partial charge is 0.469 e. The Bertz CT molecular complexity index is 692. The van der Waals surface area contributed by atoms with Crippen LogP contribution in [0.3, 0.4) is 0 Å². The van der Waals surface area contributed by atoms with Crippen molar-refractivity contribution in [2.45, 2.75) is 12.2 Å². The zero-order valence-corrected chi connectivity index (χ0v) is 12.9. The highest BCUT2D eigenvalue weighted by atomic mass is 32.2. The molecular formula is C14H16N2O3S2. The molecule has 0 atom stereocenters. The number of hydrogen-bond donors (Lipinski definition) is 2. The third-order valence-electron chi connectivity index (χ3n) is 2.87. The third-order valence-corrected chi connectivity index (χ3v) is 4.46. The SMILES string of the molecule is NC(=S)c1ccc(CS(=O)(=O)NCCc2ccco2)cc1. The van der Waals surface area contributed by atoms with Crippen molar-refractivity contribution in [2.75, 3.05) is 6.54 Å². The number of hydrogen-bond acceptors (Lipinski definition) is 4. The molecule has 0 aliphatic carbocycles. The third kappa shape index (κ3) is 4.96. The van der Waals surface area contributed by atoms with Crippen LogP contribution in [0.15, 0.2) is 47.1 Å². The van der Waals surface area contributed by atoms with Gasteiger partial charge in [0, 0.05) is 18.5 Å². The van der Waals surface area contributed by atoms with E-state index in [0.29, 0.717) is 23.5 Å². The van der Waals surface area contributed by atoms with E-state index in [1.807, 2.05) is 6.07 Å². The molecule has 1 heterocycles. The van der Waals surface area contributed by atoms with Gasteiger partial charge in [-0.2, -0.15) is 0 Å². The number of benzene rings is 1. The first-order valence-corrected chi connectivity index (χ1v) is 8.41. The molecule has 0 unspecified atom stereocenters. The molecule has 21 heavy (non-hydrogen) atoms. The quantitative estimate of drug-likeness (QED) is 0.755. The van der Waals surface area contributed by atoms with Crippen LogP contribution >= 0.6 is 12.2 Å². The Kier molecular flexibility index (Phi) is 5.11. The van der Waals surface area contributed by atoms with E-state index in [1.54, 1.807) is 36.6 Å². The van der Waals surface area contributed by atoms with Gasteiger partial charge in [-0.25, -0.2) is 13.1 Å². The van der Waals surface area contributed by atoms with Crippen LogP contribution in [-0.4, -0.2) is 20.0 Å². The van der Waals surface area contributed by atoms with Crippen LogP contribution in [-0.2, 0) is 22.2 Å². The van der Waals surface area contributed by atoms with Crippen molar-refractivity contribution in [3.05, 3.63) is 59.5 Å². The molecule has 0 saturated carbocycles. The maximum atomic E-state index is 12.0. The highest BCUT2D eigenvalue weighted by Crippen LogP contribution is 2.08. The van der Waals surface area contributed by atoms with E-state index < -0.39 is 10.0 Å². The average Bonchev–Trinajstić information content (AvgIpc) is 2.91. The van der Waals surface area contributed by atoms with Gasteiger partial charge in [0.25, 0.3) is 0 Å². The van der Waals surface area contributed by atoms with Gasteiger partial charge < -0.3 is 10.2 Å². The van der Waals surface area contributed by atoms with Gasteiger partial charge in [0.1, 0.15) is 10.7 Å². The Balaban J connectivity index is 1.89. The smallest absolute Gasteiger partial charge is 0.215 e. The predicted molar refractivity (Wildman–Crippen MR) is 85.4 cm³/mol. The van der Waals surface area contributed by atoms with Crippen molar-refractivity contribution in [3.8, 4) is 0 Å². The van der Waals surface area contributed by atoms with Crippen LogP contribution in [0.1, 0.15) is 16.9 Å². The minimum absolute atomic E-state index is 0.0806. The summed E-state index contributed by atoms with van der Waals surface area (Å²) in [5.74, 6) is 0.668. The molecule has 0 amide bonds. The van der Waals surface area contributed by atoms with Gasteiger partial charge >= 0.3 is 0 Å². The fourth-order valence-electron chi connectivity index (χ4n) is 1.82. The molecule has 2 aromatic rings. The number of thiocarbonyl (C=S) groups is 1. The second kappa shape index (κ2) is 6.84. The van der Waals surface area contributed by atoms with E-state index in [2.05, 4.69) is 4.72 Å². The highest BCUT2D eigenvalue weighted by molar-refractivity contribution is 7.88. The summed E-state index contributed by atoms with van der Waals surface area (Å²) >= 11 is 4.85. The first-order chi connectivity index (χ1) is 9.96.